The minimum Gasteiger partial charge on any atom is -1.00 e. The molecule has 10 aliphatic rings. The Bertz CT molecular complexity index is 6670. The molecule has 6 N–H and O–H groups in total. The molecule has 1 unspecified atom stereocenters. The number of hydrogen-bond acceptors (Lipinski definition) is 17. The second-order valence-electron chi connectivity index (χ2n) is 36.9. The van der Waals surface area contributed by atoms with Gasteiger partial charge in [0, 0.05) is 173 Å². The van der Waals surface area contributed by atoms with Gasteiger partial charge in [-0.1, -0.05) is 52.7 Å². The standard InChI is InChI=1S/C33H41N3O5.C33H41N3O3.C27H28N2O3.C19H24NO4.ClH/c1-7-31(37)35-13-15-40-17-16-39-14-12-34-25-8-10-27-29(20-25)41-30-21-26(36(4)5)9-11-28(30)32(27)24-18-22(2)33(38-6)23(3)19-24;1-7-31(37)35-17-11-9-8-10-16-34-25-12-14-27-29(20-25)39-30-21-26(36(4)5)13-15-28(30)32(27)24-18-22(2)33(38-6)23(3)19-24;1-7-25(30)28-19-8-10-21-23(14-19)32-24-15-20(29(4)5)9-11-22(24)26(21)18-12-16(2)27(31-6)17(3)13-18;1-11-9-20(2)17-6-12(22-3)4-5-19(11,17)14-8-16-15(23-10-24-16)7-13(14)18(20)21;/h8-11,18-21H,7,12-17H2,1-6H3,(H,35,37);12-15,18-21H,7-11,16-17H2,1-6H3,(H,35,37);8-15H,7H2,1-6H3;4-5,7-8,11-12,17-18,21H,6,9-10H2,1-3H3;1H/q;;;+1;/p+2/t;;;11-,12+,17-,18?,19-,20-;/m...0./s1. The number of unbranched alkanes of at least 4 members (excludes halogenated alkanes) is 3. The molecule has 7 aromatic carbocycles. The fraction of sp³-hybridized carbons (Fsp3) is 0.393. The molecule has 6 heterocycles. The van der Waals surface area contributed by atoms with Crippen LogP contribution in [0.1, 0.15) is 130 Å². The molecule has 7 aromatic rings. The fourth-order valence-corrected chi connectivity index (χ4v) is 20.2. The first-order chi connectivity index (χ1) is 65.5. The molecule has 0 spiro atoms. The molecule has 24 nitrogen and oxygen atoms in total. The molecule has 137 heavy (non-hydrogen) atoms. The topological polar surface area (TPSA) is 254 Å². The molecule has 1 fully saturated rings. The number of halogens is 1. The van der Waals surface area contributed by atoms with Gasteiger partial charge in [-0.3, -0.25) is 18.9 Å². The Morgan fingerprint density at radius 1 is 0.467 bits per heavy atom. The van der Waals surface area contributed by atoms with Crippen LogP contribution in [0.4, 0.5) is 17.1 Å². The first-order valence-electron chi connectivity index (χ1n) is 47.6. The summed E-state index contributed by atoms with van der Waals surface area (Å²) in [7, 11) is 21.3. The summed E-state index contributed by atoms with van der Waals surface area (Å²) in [5, 5.41) is 33.3. The number of carbonyl (C=O) groups is 3. The molecule has 3 amide bonds. The highest BCUT2D eigenvalue weighted by Gasteiger charge is 2.68. The number of aliphatic hydroxyl groups is 1. The van der Waals surface area contributed by atoms with Crippen LogP contribution in [0.25, 0.3) is 100 Å². The van der Waals surface area contributed by atoms with Crippen molar-refractivity contribution in [2.24, 2.45) is 5.92 Å². The lowest BCUT2D eigenvalue weighted by atomic mass is 9.62. The summed E-state index contributed by atoms with van der Waals surface area (Å²) >= 11 is 0. The van der Waals surface area contributed by atoms with Crippen molar-refractivity contribution < 1.29 is 87.5 Å². The van der Waals surface area contributed by atoms with Crippen LogP contribution in [0, 0.1) is 47.5 Å². The SMILES string of the molecule is CCC(=O)NCCCCCCNc1ccc2c(-c3cc(C)c(OC)c(C)c3)c3ccc(=[N+](C)C)cc-3oc2c1.CCC(=O)NCCOCCOCCNc1ccc2c(-c3cc(C)c(OC)c(C)c3)c3ccc(=[N+](C)C)cc-3oc2c1.CCC(=O)Nc1ccc2c(-c3cc(C)c(OC)c(C)c3)c3ccc(=[N+](C)C)cc-3oc2c1.CO[C@@H]1C=C[C@@]23c4cc5c(cc4C(O)[N@@+](C)(C[C@@H]2C)[C@H]3C1)OCO5.[Cl-]. The molecule has 2 bridgehead atoms. The van der Waals surface area contributed by atoms with E-state index in [9.17, 15) is 19.5 Å². The molecule has 4 aliphatic carbocycles. The van der Waals surface area contributed by atoms with E-state index < -0.39 is 6.23 Å². The maximum Gasteiger partial charge on any atom is 0.231 e. The predicted octanol–water partition coefficient (Wildman–Crippen LogP) is 15.5. The number of carbonyl (C=O) groups excluding carboxylic acids is 3. The summed E-state index contributed by atoms with van der Waals surface area (Å²) < 4.78 is 71.1. The summed E-state index contributed by atoms with van der Waals surface area (Å²) in [5.41, 5.74) is 23.9. The molecule has 0 saturated carbocycles. The van der Waals surface area contributed by atoms with Gasteiger partial charge in [0.1, 0.15) is 99.6 Å². The third kappa shape index (κ3) is 22.2. The Hall–Kier alpha value is -12.6. The number of rotatable bonds is 29. The van der Waals surface area contributed by atoms with Gasteiger partial charge in [0.2, 0.25) is 46.8 Å². The molecule has 0 radical (unpaired) electrons. The van der Waals surface area contributed by atoms with Crippen LogP contribution >= 0.6 is 0 Å². The molecule has 724 valence electrons. The second-order valence-corrected chi connectivity index (χ2v) is 36.9. The van der Waals surface area contributed by atoms with Crippen molar-refractivity contribution in [1.82, 2.24) is 24.4 Å². The fourth-order valence-electron chi connectivity index (χ4n) is 20.2. The number of quaternary nitrogens is 1. The summed E-state index contributed by atoms with van der Waals surface area (Å²) in [6.45, 7) is 26.4. The van der Waals surface area contributed by atoms with Crippen molar-refractivity contribution in [1.29, 1.82) is 0 Å². The highest BCUT2D eigenvalue weighted by atomic mass is 35.5. The van der Waals surface area contributed by atoms with Crippen LogP contribution in [0.3, 0.4) is 0 Å². The number of methoxy groups -OCH3 is 4. The van der Waals surface area contributed by atoms with Crippen molar-refractivity contribution in [3.8, 4) is 96.1 Å². The lowest BCUT2D eigenvalue weighted by Crippen LogP contribution is -3.00. The van der Waals surface area contributed by atoms with Crippen LogP contribution in [0.5, 0.6) is 28.7 Å². The van der Waals surface area contributed by atoms with E-state index in [0.717, 1.165) is 247 Å². The summed E-state index contributed by atoms with van der Waals surface area (Å²) in [6, 6.07) is 55.1. The van der Waals surface area contributed by atoms with E-state index in [1.165, 1.54) is 11.1 Å². The smallest absolute Gasteiger partial charge is 0.231 e. The number of hydrogen-bond donors (Lipinski definition) is 6. The van der Waals surface area contributed by atoms with Crippen LogP contribution in [-0.4, -0.2) is 183 Å². The largest absolute Gasteiger partial charge is 1.00 e. The van der Waals surface area contributed by atoms with Gasteiger partial charge in [0.25, 0.3) is 0 Å². The van der Waals surface area contributed by atoms with Gasteiger partial charge in [0.05, 0.1) is 91.1 Å². The Kier molecular flexibility index (Phi) is 33.6. The van der Waals surface area contributed by atoms with Crippen molar-refractivity contribution in [2.75, 3.05) is 160 Å². The van der Waals surface area contributed by atoms with Gasteiger partial charge in [-0.2, -0.15) is 0 Å². The normalized spacial score (nSPS) is 16.9. The molecule has 1 saturated heterocycles. The van der Waals surface area contributed by atoms with E-state index in [4.69, 9.17) is 51.1 Å². The van der Waals surface area contributed by atoms with Gasteiger partial charge < -0.3 is 95.2 Å². The summed E-state index contributed by atoms with van der Waals surface area (Å²) in [5.74, 6) is 7.37. The number of amides is 3. The minimum absolute atomic E-state index is 0. The molecule has 6 atom stereocenters. The lowest BCUT2D eigenvalue weighted by molar-refractivity contribution is -0.976. The molecule has 17 rings (SSSR count). The Labute approximate surface area is 811 Å². The van der Waals surface area contributed by atoms with Crippen LogP contribution in [-0.2, 0) is 34.0 Å². The Balaban J connectivity index is 0.000000156. The third-order valence-corrected chi connectivity index (χ3v) is 27.0. The molecular weight excluding hydrogens is 1750 g/mol. The average Bonchev–Trinajstić information content (AvgIpc) is 1.52. The first kappa shape index (κ1) is 102. The maximum absolute atomic E-state index is 11.9. The highest BCUT2D eigenvalue weighted by molar-refractivity contribution is 6.06. The van der Waals surface area contributed by atoms with E-state index in [1.807, 2.05) is 87.3 Å². The predicted molar refractivity (Wildman–Crippen MR) is 545 cm³/mol. The number of nitrogens with zero attached hydrogens (tertiary/aromatic N) is 4. The van der Waals surface area contributed by atoms with E-state index in [0.29, 0.717) is 75.2 Å². The molecular formula is C112H137ClN9O15+3. The van der Waals surface area contributed by atoms with Crippen LogP contribution in [0.15, 0.2) is 183 Å². The minimum atomic E-state index is -0.540. The summed E-state index contributed by atoms with van der Waals surface area (Å²) in [4.78, 5) is 34.5. The third-order valence-electron chi connectivity index (χ3n) is 27.0. The molecule has 0 aromatic heterocycles. The number of anilines is 3. The number of nitrogens with one attached hydrogen (secondary N) is 5. The van der Waals surface area contributed by atoms with Gasteiger partial charge in [-0.05, 0) is 213 Å². The van der Waals surface area contributed by atoms with E-state index >= 15 is 0 Å². The quantitative estimate of drug-likeness (QED) is 0.00838. The zero-order chi connectivity index (χ0) is 97.0. The number of aryl methyl sites for hydroxylation is 6. The second kappa shape index (κ2) is 45.2. The average molecular weight is 1880 g/mol. The lowest BCUT2D eigenvalue weighted by Gasteiger charge is -2.51. The first-order valence-corrected chi connectivity index (χ1v) is 47.6. The highest BCUT2D eigenvalue weighted by Crippen LogP contribution is 2.62. The van der Waals surface area contributed by atoms with Crippen molar-refractivity contribution in [3.05, 3.63) is 230 Å². The number of ether oxygens (including phenoxy) is 8. The van der Waals surface area contributed by atoms with Crippen LogP contribution < -0.4 is 92.5 Å². The number of likely N-dealkylation sites (N-methyl/N-ethyl adjacent to an activating group) is 1. The van der Waals surface area contributed by atoms with Gasteiger partial charge in [-0.15, -0.1) is 0 Å². The monoisotopic (exact) mass is 1880 g/mol. The van der Waals surface area contributed by atoms with Gasteiger partial charge in [-0.25, -0.2) is 13.7 Å². The van der Waals surface area contributed by atoms with E-state index in [2.05, 4.69) is 241 Å². The van der Waals surface area contributed by atoms with Gasteiger partial charge >= 0.3 is 0 Å². The van der Waals surface area contributed by atoms with E-state index in [-0.39, 0.29) is 48.4 Å². The van der Waals surface area contributed by atoms with Crippen molar-refractivity contribution in [2.45, 2.75) is 144 Å². The number of aliphatic hydroxyl groups excluding tert-OH is 1. The number of benzene rings is 10. The molecule has 6 aliphatic heterocycles. The van der Waals surface area contributed by atoms with Crippen molar-refractivity contribution >= 4 is 67.7 Å². The zero-order valence-corrected chi connectivity index (χ0v) is 84.3. The molecule has 25 heteroatoms. The number of fused-ring (bicyclic) bond motifs is 8. The van der Waals surface area contributed by atoms with Crippen LogP contribution in [0.2, 0.25) is 0 Å². The summed E-state index contributed by atoms with van der Waals surface area (Å²) in [6.07, 6.45) is 10.9. The maximum atomic E-state index is 11.9. The van der Waals surface area contributed by atoms with Gasteiger partial charge in [0.15, 0.2) is 11.5 Å². The zero-order valence-electron chi connectivity index (χ0n) is 83.5. The Morgan fingerprint density at radius 2 is 0.861 bits per heavy atom. The van der Waals surface area contributed by atoms with E-state index in [1.54, 1.807) is 28.4 Å². The van der Waals surface area contributed by atoms with Crippen molar-refractivity contribution in [3.63, 3.8) is 0 Å². The Morgan fingerprint density at radius 3 is 1.28 bits per heavy atom.